The summed E-state index contributed by atoms with van der Waals surface area (Å²) in [5, 5.41) is 21.6. The van der Waals surface area contributed by atoms with Crippen LogP contribution >= 0.6 is 0 Å². The number of hydrogen-bond donors (Lipinski definition) is 3. The summed E-state index contributed by atoms with van der Waals surface area (Å²) in [6.07, 6.45) is 4.44. The van der Waals surface area contributed by atoms with Gasteiger partial charge in [-0.1, -0.05) is 55.5 Å². The summed E-state index contributed by atoms with van der Waals surface area (Å²) in [7, 11) is 3.81. The van der Waals surface area contributed by atoms with E-state index in [4.69, 9.17) is 9.47 Å². The normalized spacial score (nSPS) is 13.7. The molecule has 1 aliphatic carbocycles. The lowest BCUT2D eigenvalue weighted by atomic mass is 9.89. The van der Waals surface area contributed by atoms with Crippen LogP contribution in [0.1, 0.15) is 70.4 Å². The minimum atomic E-state index is -1.38. The van der Waals surface area contributed by atoms with Crippen LogP contribution in [0.4, 0.5) is 8.78 Å². The number of rotatable bonds is 10. The van der Waals surface area contributed by atoms with Crippen LogP contribution in [-0.4, -0.2) is 61.5 Å². The van der Waals surface area contributed by atoms with Crippen LogP contribution in [0.2, 0.25) is 0 Å². The quantitative estimate of drug-likeness (QED) is 0.179. The minimum Gasteiger partial charge on any atom is -0.502 e. The molecule has 248 valence electrons. The average molecular weight is 644 g/mol. The molecule has 0 spiro atoms. The fourth-order valence-corrected chi connectivity index (χ4v) is 5.14. The number of ether oxygens (including phenoxy) is 4. The second kappa shape index (κ2) is 16.4. The number of carbonyl (C=O) groups is 3. The number of benzene rings is 3. The molecule has 46 heavy (non-hydrogen) atoms. The molecule has 0 heterocycles. The van der Waals surface area contributed by atoms with Crippen LogP contribution in [0.3, 0.4) is 0 Å². The molecular weight excluding hydrogens is 604 g/mol. The van der Waals surface area contributed by atoms with Crippen LogP contribution in [-0.2, 0) is 16.0 Å². The Morgan fingerprint density at radius 1 is 0.870 bits per heavy atom. The van der Waals surface area contributed by atoms with Gasteiger partial charge in [0.1, 0.15) is 5.54 Å². The number of methoxy groups -OCH3 is 3. The number of phenols is 1. The van der Waals surface area contributed by atoms with Gasteiger partial charge in [-0.05, 0) is 49.6 Å². The molecule has 0 atom stereocenters. The fourth-order valence-electron chi connectivity index (χ4n) is 5.14. The number of aryl methyl sites for hydroxylation is 1. The number of carboxylic acid groups (broad SMARTS) is 1. The monoisotopic (exact) mass is 643 g/mol. The Bertz CT molecular complexity index is 1540. The molecule has 1 fully saturated rings. The summed E-state index contributed by atoms with van der Waals surface area (Å²) in [5.41, 5.74) is 0.199. The van der Waals surface area contributed by atoms with Gasteiger partial charge < -0.3 is 34.5 Å². The van der Waals surface area contributed by atoms with Crippen LogP contribution in [0, 0.1) is 18.6 Å². The van der Waals surface area contributed by atoms with Crippen molar-refractivity contribution < 1.29 is 52.3 Å². The van der Waals surface area contributed by atoms with Crippen LogP contribution < -0.4 is 19.5 Å². The van der Waals surface area contributed by atoms with Gasteiger partial charge in [0.15, 0.2) is 34.6 Å². The van der Waals surface area contributed by atoms with Gasteiger partial charge >= 0.3 is 11.9 Å². The average Bonchev–Trinajstić information content (AvgIpc) is 3.29. The molecule has 0 aliphatic heterocycles. The van der Waals surface area contributed by atoms with Crippen molar-refractivity contribution in [3.8, 4) is 23.0 Å². The van der Waals surface area contributed by atoms with Crippen LogP contribution in [0.5, 0.6) is 23.0 Å². The van der Waals surface area contributed by atoms with Crippen molar-refractivity contribution in [2.75, 3.05) is 27.9 Å². The molecule has 0 bridgehead atoms. The third kappa shape index (κ3) is 8.64. The van der Waals surface area contributed by atoms with Gasteiger partial charge in [0, 0.05) is 6.42 Å². The minimum absolute atomic E-state index is 0.0323. The molecule has 10 nitrogen and oxygen atoms in total. The number of hydrogen-bond acceptors (Lipinski definition) is 8. The molecule has 0 unspecified atom stereocenters. The van der Waals surface area contributed by atoms with Crippen molar-refractivity contribution in [3.63, 3.8) is 0 Å². The zero-order valence-electron chi connectivity index (χ0n) is 26.3. The van der Waals surface area contributed by atoms with Crippen molar-refractivity contribution in [2.24, 2.45) is 0 Å². The first-order valence-electron chi connectivity index (χ1n) is 14.7. The second-order valence-electron chi connectivity index (χ2n) is 10.8. The van der Waals surface area contributed by atoms with Crippen molar-refractivity contribution in [3.05, 3.63) is 82.4 Å². The molecule has 0 saturated heterocycles. The number of amides is 1. The summed E-state index contributed by atoms with van der Waals surface area (Å²) >= 11 is 0. The first-order valence-corrected chi connectivity index (χ1v) is 14.7. The van der Waals surface area contributed by atoms with Gasteiger partial charge in [-0.15, -0.1) is 0 Å². The third-order valence-corrected chi connectivity index (χ3v) is 7.67. The highest BCUT2D eigenvalue weighted by atomic mass is 19.1. The van der Waals surface area contributed by atoms with Crippen LogP contribution in [0.15, 0.2) is 48.5 Å². The standard InChI is InChI=1S/C25H30FNO5.C9H9FO4/c1-17-8-7-9-18(16-17)12-15-32-22-20(31-2)11-10-19(21(22)26)23(28)27-25(24(29)30)13-5-3-4-6-14-25;1-13-6-4-3-5(9(12)14-2)7(10)8(6)11/h7-11,16H,3-6,12-15H2,1-2H3,(H,27,28)(H,29,30);3-4,11H,1-2H3. The first kappa shape index (κ1) is 35.6. The van der Waals surface area contributed by atoms with Gasteiger partial charge in [0.25, 0.3) is 5.91 Å². The highest BCUT2D eigenvalue weighted by Crippen LogP contribution is 2.34. The van der Waals surface area contributed by atoms with Gasteiger partial charge in [-0.2, -0.15) is 0 Å². The Balaban J connectivity index is 0.000000344. The summed E-state index contributed by atoms with van der Waals surface area (Å²) in [6.45, 7) is 2.19. The van der Waals surface area contributed by atoms with Gasteiger partial charge in [-0.3, -0.25) is 4.79 Å². The van der Waals surface area contributed by atoms with E-state index in [-0.39, 0.29) is 35.0 Å². The van der Waals surface area contributed by atoms with E-state index in [1.54, 1.807) is 0 Å². The van der Waals surface area contributed by atoms with E-state index in [1.807, 2.05) is 31.2 Å². The molecule has 0 aromatic heterocycles. The van der Waals surface area contributed by atoms with Gasteiger partial charge in [0.05, 0.1) is 39.1 Å². The lowest BCUT2D eigenvalue weighted by Gasteiger charge is -2.29. The largest absolute Gasteiger partial charge is 0.502 e. The first-order chi connectivity index (χ1) is 22.0. The Morgan fingerprint density at radius 3 is 2.09 bits per heavy atom. The molecular formula is C34H39F2NO9. The molecule has 1 saturated carbocycles. The maximum Gasteiger partial charge on any atom is 0.340 e. The summed E-state index contributed by atoms with van der Waals surface area (Å²) < 4.78 is 48.4. The molecule has 3 aromatic carbocycles. The lowest BCUT2D eigenvalue weighted by molar-refractivity contribution is -0.145. The van der Waals surface area contributed by atoms with E-state index in [9.17, 15) is 29.0 Å². The Hall–Kier alpha value is -4.87. The van der Waals surface area contributed by atoms with Crippen molar-refractivity contribution >= 4 is 17.8 Å². The molecule has 1 amide bonds. The molecule has 1 aliphatic rings. The van der Waals surface area contributed by atoms with Crippen molar-refractivity contribution in [1.29, 1.82) is 0 Å². The lowest BCUT2D eigenvalue weighted by Crippen LogP contribution is -2.54. The number of aromatic hydroxyl groups is 1. The number of nitrogens with one attached hydrogen (secondary N) is 1. The number of esters is 1. The maximum atomic E-state index is 15.3. The fraction of sp³-hybridized carbons (Fsp3) is 0.382. The Kier molecular flexibility index (Phi) is 12.7. The molecule has 3 aromatic rings. The maximum absolute atomic E-state index is 15.3. The van der Waals surface area contributed by atoms with E-state index in [1.165, 1.54) is 38.5 Å². The zero-order valence-corrected chi connectivity index (χ0v) is 26.3. The van der Waals surface area contributed by atoms with E-state index >= 15 is 4.39 Å². The zero-order chi connectivity index (χ0) is 33.9. The van der Waals surface area contributed by atoms with Crippen molar-refractivity contribution in [1.82, 2.24) is 5.32 Å². The van der Waals surface area contributed by atoms with E-state index in [0.717, 1.165) is 31.1 Å². The second-order valence-corrected chi connectivity index (χ2v) is 10.8. The number of halogens is 2. The highest BCUT2D eigenvalue weighted by molar-refractivity contribution is 5.98. The van der Waals surface area contributed by atoms with Crippen molar-refractivity contribution in [2.45, 2.75) is 57.4 Å². The molecule has 12 heteroatoms. The topological polar surface area (TPSA) is 141 Å². The summed E-state index contributed by atoms with van der Waals surface area (Å²) in [5.74, 6) is -5.32. The SMILES string of the molecule is COC(=O)c1ccc(OC)c(O)c1F.COc1ccc(C(=O)NC2(C(=O)O)CCCCCC2)c(F)c1OCCc1cccc(C)c1. The number of aliphatic carboxylic acids is 1. The summed E-state index contributed by atoms with van der Waals surface area (Å²) in [4.78, 5) is 35.9. The third-order valence-electron chi connectivity index (χ3n) is 7.67. The molecule has 4 rings (SSSR count). The number of carboxylic acids is 1. The highest BCUT2D eigenvalue weighted by Gasteiger charge is 2.41. The number of phenolic OH excluding ortho intramolecular Hbond substituents is 1. The predicted molar refractivity (Wildman–Crippen MR) is 165 cm³/mol. The molecule has 3 N–H and O–H groups in total. The molecule has 0 radical (unpaired) electrons. The van der Waals surface area contributed by atoms with Gasteiger partial charge in [-0.25, -0.2) is 18.4 Å². The van der Waals surface area contributed by atoms with E-state index in [0.29, 0.717) is 32.1 Å². The smallest absolute Gasteiger partial charge is 0.340 e. The Labute approximate surface area is 266 Å². The Morgan fingerprint density at radius 2 is 1.50 bits per heavy atom. The van der Waals surface area contributed by atoms with Gasteiger partial charge in [0.2, 0.25) is 0 Å². The predicted octanol–water partition coefficient (Wildman–Crippen LogP) is 6.00. The van der Waals surface area contributed by atoms with E-state index < -0.39 is 40.8 Å². The van der Waals surface area contributed by atoms with E-state index in [2.05, 4.69) is 14.8 Å². The van der Waals surface area contributed by atoms with Crippen LogP contribution in [0.25, 0.3) is 0 Å². The summed E-state index contributed by atoms with van der Waals surface area (Å²) in [6, 6.07) is 13.1. The number of carbonyl (C=O) groups excluding carboxylic acids is 2.